The van der Waals surface area contributed by atoms with E-state index >= 15 is 0 Å². The number of nitrogens with one attached hydrogen (secondary N) is 1. The normalized spacial score (nSPS) is 11.3. The van der Waals surface area contributed by atoms with Gasteiger partial charge in [0.2, 0.25) is 0 Å². The minimum atomic E-state index is -3.64. The van der Waals surface area contributed by atoms with Gasteiger partial charge in [0.25, 0.3) is 10.0 Å². The topological polar surface area (TPSA) is 72.2 Å². The summed E-state index contributed by atoms with van der Waals surface area (Å²) >= 11 is 9.51. The van der Waals surface area contributed by atoms with Crippen molar-refractivity contribution in [2.24, 2.45) is 5.73 Å². The lowest BCUT2D eigenvalue weighted by Crippen LogP contribution is -2.17. The summed E-state index contributed by atoms with van der Waals surface area (Å²) in [4.78, 5) is 1.15. The molecule has 1 heterocycles. The Morgan fingerprint density at radius 2 is 2.10 bits per heavy atom. The SMILES string of the molecule is CCc1ccc(S(=O)(=O)Nc2cc(Br)ccc2C(N)=S)s1. The fourth-order valence-electron chi connectivity index (χ4n) is 1.70. The van der Waals surface area contributed by atoms with Crippen LogP contribution in [0.3, 0.4) is 0 Å². The Labute approximate surface area is 141 Å². The summed E-state index contributed by atoms with van der Waals surface area (Å²) in [7, 11) is -3.64. The summed E-state index contributed by atoms with van der Waals surface area (Å²) in [6, 6.07) is 8.49. The maximum atomic E-state index is 12.4. The molecule has 0 radical (unpaired) electrons. The van der Waals surface area contributed by atoms with Crippen LogP contribution >= 0.6 is 39.5 Å². The zero-order chi connectivity index (χ0) is 15.6. The molecular weight excluding hydrogens is 392 g/mol. The van der Waals surface area contributed by atoms with E-state index in [0.29, 0.717) is 11.3 Å². The number of sulfonamides is 1. The van der Waals surface area contributed by atoms with E-state index in [9.17, 15) is 8.42 Å². The largest absolute Gasteiger partial charge is 0.389 e. The van der Waals surface area contributed by atoms with Gasteiger partial charge < -0.3 is 5.73 Å². The Morgan fingerprint density at radius 1 is 1.38 bits per heavy atom. The Bertz CT molecular complexity index is 784. The molecule has 4 nitrogen and oxygen atoms in total. The minimum absolute atomic E-state index is 0.139. The van der Waals surface area contributed by atoms with E-state index in [1.807, 2.05) is 13.0 Å². The highest BCUT2D eigenvalue weighted by Crippen LogP contribution is 2.27. The van der Waals surface area contributed by atoms with Crippen LogP contribution in [0.5, 0.6) is 0 Å². The van der Waals surface area contributed by atoms with Crippen LogP contribution < -0.4 is 10.5 Å². The first-order chi connectivity index (χ1) is 9.83. The highest BCUT2D eigenvalue weighted by atomic mass is 79.9. The van der Waals surface area contributed by atoms with Gasteiger partial charge in [-0.15, -0.1) is 11.3 Å². The number of halogens is 1. The second-order valence-electron chi connectivity index (χ2n) is 4.23. The molecule has 0 saturated carbocycles. The van der Waals surface area contributed by atoms with Crippen LogP contribution in [-0.2, 0) is 16.4 Å². The second-order valence-corrected chi connectivity index (χ2v) is 8.67. The Kier molecular flexibility index (Phi) is 5.03. The van der Waals surface area contributed by atoms with E-state index in [1.165, 1.54) is 11.3 Å². The summed E-state index contributed by atoms with van der Waals surface area (Å²) in [6.07, 6.45) is 0.801. The van der Waals surface area contributed by atoms with Gasteiger partial charge >= 0.3 is 0 Å². The number of rotatable bonds is 5. The van der Waals surface area contributed by atoms with Gasteiger partial charge in [-0.05, 0) is 36.8 Å². The fourth-order valence-corrected chi connectivity index (χ4v) is 4.61. The molecule has 0 aliphatic rings. The van der Waals surface area contributed by atoms with Crippen molar-refractivity contribution in [2.75, 3.05) is 4.72 Å². The highest BCUT2D eigenvalue weighted by Gasteiger charge is 2.19. The molecule has 1 aromatic carbocycles. The first-order valence-corrected chi connectivity index (χ1v) is 9.54. The molecule has 0 fully saturated rings. The molecule has 0 unspecified atom stereocenters. The van der Waals surface area contributed by atoms with Crippen molar-refractivity contribution in [3.8, 4) is 0 Å². The third-order valence-corrected chi connectivity index (χ3v) is 6.54. The van der Waals surface area contributed by atoms with Gasteiger partial charge in [-0.25, -0.2) is 8.42 Å². The van der Waals surface area contributed by atoms with Crippen LogP contribution in [0, 0.1) is 0 Å². The quantitative estimate of drug-likeness (QED) is 0.747. The van der Waals surface area contributed by atoms with Crippen molar-refractivity contribution in [3.63, 3.8) is 0 Å². The van der Waals surface area contributed by atoms with Crippen molar-refractivity contribution < 1.29 is 8.42 Å². The van der Waals surface area contributed by atoms with Gasteiger partial charge in [0.15, 0.2) is 0 Å². The molecule has 0 amide bonds. The summed E-state index contributed by atoms with van der Waals surface area (Å²) in [5.41, 5.74) is 6.49. The number of anilines is 1. The van der Waals surface area contributed by atoms with E-state index in [4.69, 9.17) is 18.0 Å². The minimum Gasteiger partial charge on any atom is -0.389 e. The Morgan fingerprint density at radius 3 is 2.67 bits per heavy atom. The van der Waals surface area contributed by atoms with Gasteiger partial charge in [-0.3, -0.25) is 4.72 Å². The molecule has 2 aromatic rings. The monoisotopic (exact) mass is 404 g/mol. The average molecular weight is 405 g/mol. The fraction of sp³-hybridized carbons (Fsp3) is 0.154. The number of thiocarbonyl (C=S) groups is 1. The summed E-state index contributed by atoms with van der Waals surface area (Å²) in [5.74, 6) is 0. The van der Waals surface area contributed by atoms with Gasteiger partial charge in [0.05, 0.1) is 5.69 Å². The third kappa shape index (κ3) is 3.82. The molecule has 8 heteroatoms. The zero-order valence-corrected chi connectivity index (χ0v) is 15.1. The van der Waals surface area contributed by atoms with E-state index in [0.717, 1.165) is 15.8 Å². The van der Waals surface area contributed by atoms with Crippen LogP contribution in [-0.4, -0.2) is 13.4 Å². The molecule has 3 N–H and O–H groups in total. The summed E-state index contributed by atoms with van der Waals surface area (Å²) in [6.45, 7) is 1.98. The van der Waals surface area contributed by atoms with E-state index < -0.39 is 10.0 Å². The summed E-state index contributed by atoms with van der Waals surface area (Å²) < 4.78 is 28.4. The van der Waals surface area contributed by atoms with Crippen LogP contribution in [0.2, 0.25) is 0 Å². The first kappa shape index (κ1) is 16.4. The highest BCUT2D eigenvalue weighted by molar-refractivity contribution is 9.10. The molecule has 0 atom stereocenters. The van der Waals surface area contributed by atoms with E-state index in [1.54, 1.807) is 24.3 Å². The molecular formula is C13H13BrN2O2S3. The van der Waals surface area contributed by atoms with Crippen molar-refractivity contribution in [1.29, 1.82) is 0 Å². The molecule has 0 saturated heterocycles. The number of aryl methyl sites for hydroxylation is 1. The second kappa shape index (κ2) is 6.43. The maximum absolute atomic E-state index is 12.4. The van der Waals surface area contributed by atoms with Gasteiger partial charge in [-0.1, -0.05) is 35.1 Å². The molecule has 0 aliphatic carbocycles. The molecule has 2 rings (SSSR count). The lowest BCUT2D eigenvalue weighted by molar-refractivity contribution is 0.603. The van der Waals surface area contributed by atoms with Crippen LogP contribution in [0.1, 0.15) is 17.4 Å². The van der Waals surface area contributed by atoms with Crippen LogP contribution in [0.25, 0.3) is 0 Å². The maximum Gasteiger partial charge on any atom is 0.271 e. The van der Waals surface area contributed by atoms with Crippen molar-refractivity contribution in [2.45, 2.75) is 17.6 Å². The van der Waals surface area contributed by atoms with Crippen LogP contribution in [0.15, 0.2) is 39.0 Å². The van der Waals surface area contributed by atoms with Crippen molar-refractivity contribution in [1.82, 2.24) is 0 Å². The number of benzene rings is 1. The molecule has 0 spiro atoms. The lowest BCUT2D eigenvalue weighted by Gasteiger charge is -2.11. The molecule has 112 valence electrons. The van der Waals surface area contributed by atoms with Gasteiger partial charge in [0, 0.05) is 14.9 Å². The van der Waals surface area contributed by atoms with Crippen molar-refractivity contribution in [3.05, 3.63) is 45.2 Å². The number of thiophene rings is 1. The van der Waals surface area contributed by atoms with Crippen molar-refractivity contribution >= 4 is 60.2 Å². The number of nitrogens with two attached hydrogens (primary N) is 1. The summed E-state index contributed by atoms with van der Waals surface area (Å²) in [5, 5.41) is 0. The molecule has 1 aromatic heterocycles. The smallest absolute Gasteiger partial charge is 0.271 e. The Balaban J connectivity index is 2.41. The molecule has 0 bridgehead atoms. The van der Waals surface area contributed by atoms with Gasteiger partial charge in [-0.2, -0.15) is 0 Å². The van der Waals surface area contributed by atoms with Crippen LogP contribution in [0.4, 0.5) is 5.69 Å². The molecule has 0 aliphatic heterocycles. The molecule has 21 heavy (non-hydrogen) atoms. The van der Waals surface area contributed by atoms with E-state index in [-0.39, 0.29) is 9.20 Å². The Hall–Kier alpha value is -0.960. The predicted molar refractivity (Wildman–Crippen MR) is 94.5 cm³/mol. The number of hydrogen-bond donors (Lipinski definition) is 2. The first-order valence-electron chi connectivity index (χ1n) is 6.04. The number of hydrogen-bond acceptors (Lipinski definition) is 4. The third-order valence-electron chi connectivity index (χ3n) is 2.74. The lowest BCUT2D eigenvalue weighted by atomic mass is 10.2. The zero-order valence-electron chi connectivity index (χ0n) is 11.1. The standard InChI is InChI=1S/C13H13BrN2O2S3/c1-2-9-4-6-12(20-9)21(17,18)16-11-7-8(14)3-5-10(11)13(15)19/h3-7,16H,2H2,1H3,(H2,15,19). The average Bonchev–Trinajstić information content (AvgIpc) is 2.87. The predicted octanol–water partition coefficient (Wildman–Crippen LogP) is 3.51. The van der Waals surface area contributed by atoms with Gasteiger partial charge in [0.1, 0.15) is 9.20 Å². The van der Waals surface area contributed by atoms with E-state index in [2.05, 4.69) is 20.7 Å².